The van der Waals surface area contributed by atoms with Crippen molar-refractivity contribution < 1.29 is 8.42 Å². The van der Waals surface area contributed by atoms with E-state index in [1.165, 1.54) is 14.1 Å². The minimum atomic E-state index is -4.14. The molecule has 0 aliphatic heterocycles. The highest BCUT2D eigenvalue weighted by Crippen LogP contribution is 2.17. The maximum atomic E-state index is 12.3. The summed E-state index contributed by atoms with van der Waals surface area (Å²) in [5.41, 5.74) is -0.164. The van der Waals surface area contributed by atoms with Crippen molar-refractivity contribution in [3.63, 3.8) is 0 Å². The number of anilines is 1. The van der Waals surface area contributed by atoms with E-state index in [1.807, 2.05) is 0 Å². The summed E-state index contributed by atoms with van der Waals surface area (Å²) in [6, 6.07) is 0. The van der Waals surface area contributed by atoms with Gasteiger partial charge in [-0.05, 0) is 13.8 Å². The van der Waals surface area contributed by atoms with Crippen LogP contribution in [0.4, 0.5) is 5.82 Å². The number of H-pyrrole nitrogens is 1. The van der Waals surface area contributed by atoms with Crippen molar-refractivity contribution >= 4 is 15.8 Å². The Hall–Kier alpha value is -2.36. The van der Waals surface area contributed by atoms with Crippen molar-refractivity contribution in [2.75, 3.05) is 4.72 Å². The highest BCUT2D eigenvalue weighted by molar-refractivity contribution is 7.92. The molecule has 0 saturated heterocycles. The lowest BCUT2D eigenvalue weighted by Gasteiger charge is -2.09. The van der Waals surface area contributed by atoms with E-state index in [1.54, 1.807) is 13.8 Å². The molecule has 2 aromatic rings. The number of nitrogens with zero attached hydrogens (tertiary/aromatic N) is 3. The Balaban J connectivity index is 2.58. The lowest BCUT2D eigenvalue weighted by Crippen LogP contribution is -2.40. The molecule has 114 valence electrons. The first-order valence-corrected chi connectivity index (χ1v) is 7.44. The molecule has 2 heterocycles. The Bertz CT molecular complexity index is 919. The molecule has 0 atom stereocenters. The van der Waals surface area contributed by atoms with Crippen molar-refractivity contribution in [2.24, 2.45) is 14.1 Å². The Kier molecular flexibility index (Phi) is 3.49. The second-order valence-corrected chi connectivity index (χ2v) is 6.33. The number of hydrogen-bond donors (Lipinski definition) is 2. The summed E-state index contributed by atoms with van der Waals surface area (Å²) in [6.07, 6.45) is 0.988. The average molecular weight is 313 g/mol. The lowest BCUT2D eigenvalue weighted by molar-refractivity contribution is 0.589. The van der Waals surface area contributed by atoms with Gasteiger partial charge in [-0.15, -0.1) is 0 Å². The molecular formula is C11H15N5O4S. The van der Waals surface area contributed by atoms with E-state index < -0.39 is 26.2 Å². The summed E-state index contributed by atoms with van der Waals surface area (Å²) in [5, 5.41) is 6.47. The third-order valence-corrected chi connectivity index (χ3v) is 4.51. The highest BCUT2D eigenvalue weighted by atomic mass is 32.2. The van der Waals surface area contributed by atoms with Crippen molar-refractivity contribution in [1.29, 1.82) is 0 Å². The summed E-state index contributed by atoms with van der Waals surface area (Å²) in [6.45, 7) is 3.43. The van der Waals surface area contributed by atoms with E-state index in [-0.39, 0.29) is 5.82 Å². The Morgan fingerprint density at radius 2 is 1.86 bits per heavy atom. The number of aromatic nitrogens is 4. The Labute approximate surface area is 120 Å². The number of sulfonamides is 1. The predicted molar refractivity (Wildman–Crippen MR) is 75.8 cm³/mol. The zero-order valence-corrected chi connectivity index (χ0v) is 12.8. The highest BCUT2D eigenvalue weighted by Gasteiger charge is 2.23. The second-order valence-electron chi connectivity index (χ2n) is 4.68. The van der Waals surface area contributed by atoms with Crippen LogP contribution in [0.1, 0.15) is 11.3 Å². The molecule has 0 aromatic carbocycles. The van der Waals surface area contributed by atoms with E-state index >= 15 is 0 Å². The molecular weight excluding hydrogens is 298 g/mol. The van der Waals surface area contributed by atoms with Crippen molar-refractivity contribution in [2.45, 2.75) is 18.7 Å². The lowest BCUT2D eigenvalue weighted by atomic mass is 10.3. The molecule has 0 aliphatic carbocycles. The second kappa shape index (κ2) is 4.88. The molecule has 0 amide bonds. The van der Waals surface area contributed by atoms with E-state index in [0.29, 0.717) is 11.3 Å². The number of hydrogen-bond acceptors (Lipinski definition) is 5. The average Bonchev–Trinajstić information content (AvgIpc) is 2.72. The van der Waals surface area contributed by atoms with Crippen LogP contribution in [0, 0.1) is 13.8 Å². The van der Waals surface area contributed by atoms with Crippen LogP contribution >= 0.6 is 0 Å². The van der Waals surface area contributed by atoms with Gasteiger partial charge in [0.1, 0.15) is 0 Å². The minimum Gasteiger partial charge on any atom is -0.302 e. The molecule has 2 rings (SSSR count). The van der Waals surface area contributed by atoms with Gasteiger partial charge in [-0.2, -0.15) is 5.10 Å². The van der Waals surface area contributed by atoms with E-state index in [4.69, 9.17) is 0 Å². The van der Waals surface area contributed by atoms with Gasteiger partial charge in [0, 0.05) is 31.5 Å². The molecule has 2 aromatic heterocycles. The molecule has 10 heteroatoms. The first-order chi connectivity index (χ1) is 9.65. The molecule has 0 fully saturated rings. The summed E-state index contributed by atoms with van der Waals surface area (Å²) < 4.78 is 28.6. The van der Waals surface area contributed by atoms with Crippen LogP contribution in [0.2, 0.25) is 0 Å². The molecule has 0 unspecified atom stereocenters. The third-order valence-electron chi connectivity index (χ3n) is 3.19. The van der Waals surface area contributed by atoms with Gasteiger partial charge >= 0.3 is 5.69 Å². The SMILES string of the molecule is Cc1[nH]nc(NS(=O)(=O)c2cn(C)c(=O)n(C)c2=O)c1C. The van der Waals surface area contributed by atoms with Gasteiger partial charge in [-0.1, -0.05) is 0 Å². The van der Waals surface area contributed by atoms with Crippen LogP contribution in [-0.2, 0) is 24.1 Å². The van der Waals surface area contributed by atoms with Gasteiger partial charge in [-0.25, -0.2) is 13.2 Å². The van der Waals surface area contributed by atoms with Crippen LogP contribution in [0.3, 0.4) is 0 Å². The molecule has 9 nitrogen and oxygen atoms in total. The van der Waals surface area contributed by atoms with Gasteiger partial charge in [0.15, 0.2) is 10.7 Å². The van der Waals surface area contributed by atoms with Crippen molar-refractivity contribution in [1.82, 2.24) is 19.3 Å². The first kappa shape index (κ1) is 15.0. The third kappa shape index (κ3) is 2.49. The smallest absolute Gasteiger partial charge is 0.302 e. The van der Waals surface area contributed by atoms with E-state index in [9.17, 15) is 18.0 Å². The van der Waals surface area contributed by atoms with Crippen LogP contribution < -0.4 is 16.0 Å². The van der Waals surface area contributed by atoms with Crippen molar-refractivity contribution in [3.8, 4) is 0 Å². The molecule has 0 spiro atoms. The van der Waals surface area contributed by atoms with Gasteiger partial charge in [0.05, 0.1) is 0 Å². The summed E-state index contributed by atoms with van der Waals surface area (Å²) >= 11 is 0. The fourth-order valence-electron chi connectivity index (χ4n) is 1.73. The fraction of sp³-hybridized carbons (Fsp3) is 0.364. The first-order valence-electron chi connectivity index (χ1n) is 5.96. The van der Waals surface area contributed by atoms with Crippen LogP contribution in [0.25, 0.3) is 0 Å². The van der Waals surface area contributed by atoms with E-state index in [2.05, 4.69) is 14.9 Å². The molecule has 2 N–H and O–H groups in total. The monoisotopic (exact) mass is 313 g/mol. The number of rotatable bonds is 3. The normalized spacial score (nSPS) is 11.6. The zero-order valence-electron chi connectivity index (χ0n) is 12.0. The van der Waals surface area contributed by atoms with Gasteiger partial charge in [-0.3, -0.25) is 19.2 Å². The minimum absolute atomic E-state index is 0.114. The summed E-state index contributed by atoms with van der Waals surface area (Å²) in [5.74, 6) is 0.114. The van der Waals surface area contributed by atoms with Gasteiger partial charge in [0.2, 0.25) is 0 Å². The zero-order chi connectivity index (χ0) is 15.9. The predicted octanol–water partition coefficient (Wildman–Crippen LogP) is -0.775. The molecule has 0 aliphatic rings. The summed E-state index contributed by atoms with van der Waals surface area (Å²) in [7, 11) is -1.56. The van der Waals surface area contributed by atoms with Crippen LogP contribution in [-0.4, -0.2) is 27.7 Å². The quantitative estimate of drug-likeness (QED) is 0.771. The fourth-order valence-corrected chi connectivity index (χ4v) is 2.95. The number of aryl methyl sites for hydroxylation is 2. The Morgan fingerprint density at radius 1 is 1.24 bits per heavy atom. The Morgan fingerprint density at radius 3 is 2.38 bits per heavy atom. The number of aromatic amines is 1. The maximum Gasteiger partial charge on any atom is 0.330 e. The number of nitrogens with one attached hydrogen (secondary N) is 2. The molecule has 0 saturated carbocycles. The standard InChI is InChI=1S/C11H15N5O4S/c1-6-7(2)12-13-9(6)14-21(19,20)8-5-15(3)11(18)16(4)10(8)17/h5H,1-4H3,(H2,12,13,14). The maximum absolute atomic E-state index is 12.3. The molecule has 0 bridgehead atoms. The largest absolute Gasteiger partial charge is 0.330 e. The van der Waals surface area contributed by atoms with E-state index in [0.717, 1.165) is 15.3 Å². The van der Waals surface area contributed by atoms with Crippen molar-refractivity contribution in [3.05, 3.63) is 38.3 Å². The van der Waals surface area contributed by atoms with Crippen LogP contribution in [0.15, 0.2) is 20.7 Å². The summed E-state index contributed by atoms with van der Waals surface area (Å²) in [4.78, 5) is 23.0. The topological polar surface area (TPSA) is 119 Å². The van der Waals surface area contributed by atoms with Gasteiger partial charge in [0.25, 0.3) is 15.6 Å². The molecule has 0 radical (unpaired) electrons. The van der Waals surface area contributed by atoms with Gasteiger partial charge < -0.3 is 4.57 Å². The molecule has 21 heavy (non-hydrogen) atoms. The van der Waals surface area contributed by atoms with Crippen LogP contribution in [0.5, 0.6) is 0 Å².